The van der Waals surface area contributed by atoms with E-state index in [0.717, 1.165) is 11.1 Å². The van der Waals surface area contributed by atoms with Gasteiger partial charge in [0.25, 0.3) is 0 Å². The molecule has 0 radical (unpaired) electrons. The fourth-order valence-electron chi connectivity index (χ4n) is 1.37. The molecule has 21 heavy (non-hydrogen) atoms. The molecule has 0 bridgehead atoms. The summed E-state index contributed by atoms with van der Waals surface area (Å²) in [5.74, 6) is 4.95. The molecule has 0 aliphatic heterocycles. The fourth-order valence-corrected chi connectivity index (χ4v) is 1.37. The van der Waals surface area contributed by atoms with Crippen LogP contribution >= 0.6 is 0 Å². The van der Waals surface area contributed by atoms with Gasteiger partial charge in [-0.05, 0) is 17.7 Å². The second kappa shape index (κ2) is 8.29. The Labute approximate surface area is 120 Å². The number of halogens is 3. The molecule has 1 aromatic carbocycles. The Morgan fingerprint density at radius 2 is 1.95 bits per heavy atom. The van der Waals surface area contributed by atoms with E-state index in [9.17, 15) is 18.0 Å². The lowest BCUT2D eigenvalue weighted by molar-refractivity contribution is -0.175. The van der Waals surface area contributed by atoms with E-state index in [-0.39, 0.29) is 13.1 Å². The number of rotatable bonds is 5. The van der Waals surface area contributed by atoms with Gasteiger partial charge in [-0.25, -0.2) is 0 Å². The summed E-state index contributed by atoms with van der Waals surface area (Å²) >= 11 is 0. The second-order valence-electron chi connectivity index (χ2n) is 4.09. The Balaban J connectivity index is 2.33. The van der Waals surface area contributed by atoms with Crippen LogP contribution in [0.4, 0.5) is 13.2 Å². The van der Waals surface area contributed by atoms with Gasteiger partial charge < -0.3 is 15.8 Å². The van der Waals surface area contributed by atoms with E-state index in [1.54, 1.807) is 24.3 Å². The van der Waals surface area contributed by atoms with Gasteiger partial charge in [-0.1, -0.05) is 24.0 Å². The number of hydrogen-bond donors (Lipinski definition) is 2. The number of amides is 1. The number of benzene rings is 1. The number of carbonyl (C=O) groups is 1. The number of carbonyl (C=O) groups excluding carboxylic acids is 1. The third-order valence-corrected chi connectivity index (χ3v) is 2.28. The SMILES string of the molecule is NCC#Cc1ccc(CNC(=O)COCC(F)(F)F)cc1. The molecular formula is C14H15F3N2O2. The van der Waals surface area contributed by atoms with Gasteiger partial charge in [0.2, 0.25) is 5.91 Å². The Bertz CT molecular complexity index is 516. The van der Waals surface area contributed by atoms with E-state index in [1.165, 1.54) is 0 Å². The summed E-state index contributed by atoms with van der Waals surface area (Å²) < 4.78 is 39.7. The first-order chi connectivity index (χ1) is 9.90. The molecule has 0 aliphatic rings. The van der Waals surface area contributed by atoms with Crippen LogP contribution in [0, 0.1) is 11.8 Å². The minimum absolute atomic E-state index is 0.207. The highest BCUT2D eigenvalue weighted by Crippen LogP contribution is 2.14. The van der Waals surface area contributed by atoms with Crippen molar-refractivity contribution in [3.63, 3.8) is 0 Å². The lowest BCUT2D eigenvalue weighted by Crippen LogP contribution is -2.29. The zero-order chi connectivity index (χ0) is 15.7. The van der Waals surface area contributed by atoms with Gasteiger partial charge in [-0.3, -0.25) is 4.79 Å². The monoisotopic (exact) mass is 300 g/mol. The highest BCUT2D eigenvalue weighted by molar-refractivity contribution is 5.77. The van der Waals surface area contributed by atoms with Crippen LogP contribution in [0.3, 0.4) is 0 Å². The van der Waals surface area contributed by atoms with E-state index in [1.807, 2.05) is 0 Å². The minimum Gasteiger partial charge on any atom is -0.362 e. The van der Waals surface area contributed by atoms with Crippen molar-refractivity contribution in [2.75, 3.05) is 19.8 Å². The molecule has 3 N–H and O–H groups in total. The van der Waals surface area contributed by atoms with Crippen molar-refractivity contribution in [3.05, 3.63) is 35.4 Å². The minimum atomic E-state index is -4.43. The lowest BCUT2D eigenvalue weighted by Gasteiger charge is -2.08. The smallest absolute Gasteiger partial charge is 0.362 e. The number of alkyl halides is 3. The molecule has 1 amide bonds. The van der Waals surface area contributed by atoms with Gasteiger partial charge in [-0.15, -0.1) is 0 Å². The van der Waals surface area contributed by atoms with Crippen LogP contribution in [0.15, 0.2) is 24.3 Å². The Hall–Kier alpha value is -2.04. The third-order valence-electron chi connectivity index (χ3n) is 2.28. The van der Waals surface area contributed by atoms with E-state index >= 15 is 0 Å². The van der Waals surface area contributed by atoms with Crippen molar-refractivity contribution < 1.29 is 22.7 Å². The standard InChI is InChI=1S/C14H15F3N2O2/c15-14(16,17)10-21-9-13(20)19-8-12-5-3-11(4-6-12)2-1-7-18/h3-6H,7-10,18H2,(H,19,20). The molecular weight excluding hydrogens is 285 g/mol. The van der Waals surface area contributed by atoms with Crippen LogP contribution in [-0.2, 0) is 16.1 Å². The topological polar surface area (TPSA) is 64.3 Å². The summed E-state index contributed by atoms with van der Waals surface area (Å²) in [7, 11) is 0. The normalized spacial score (nSPS) is 10.7. The van der Waals surface area contributed by atoms with E-state index in [2.05, 4.69) is 21.9 Å². The zero-order valence-corrected chi connectivity index (χ0v) is 11.2. The lowest BCUT2D eigenvalue weighted by atomic mass is 10.1. The molecule has 0 aromatic heterocycles. The van der Waals surface area contributed by atoms with E-state index in [4.69, 9.17) is 5.73 Å². The Morgan fingerprint density at radius 1 is 1.29 bits per heavy atom. The molecule has 7 heteroatoms. The van der Waals surface area contributed by atoms with Crippen molar-refractivity contribution in [3.8, 4) is 11.8 Å². The average molecular weight is 300 g/mol. The van der Waals surface area contributed by atoms with Crippen LogP contribution in [0.1, 0.15) is 11.1 Å². The highest BCUT2D eigenvalue weighted by Gasteiger charge is 2.27. The van der Waals surface area contributed by atoms with Gasteiger partial charge in [0.05, 0.1) is 6.54 Å². The molecule has 0 atom stereocenters. The molecule has 0 saturated carbocycles. The van der Waals surface area contributed by atoms with Crippen molar-refractivity contribution in [2.45, 2.75) is 12.7 Å². The number of hydrogen-bond acceptors (Lipinski definition) is 3. The van der Waals surface area contributed by atoms with Crippen molar-refractivity contribution in [1.82, 2.24) is 5.32 Å². The van der Waals surface area contributed by atoms with Crippen LogP contribution < -0.4 is 11.1 Å². The number of nitrogens with two attached hydrogens (primary N) is 1. The predicted octanol–water partition coefficient (Wildman–Crippen LogP) is 1.19. The molecule has 0 fully saturated rings. The first kappa shape index (κ1) is 17.0. The summed E-state index contributed by atoms with van der Waals surface area (Å²) in [6.07, 6.45) is -4.43. The van der Waals surface area contributed by atoms with Gasteiger partial charge in [0, 0.05) is 12.1 Å². The molecule has 0 heterocycles. The van der Waals surface area contributed by atoms with Gasteiger partial charge in [0.1, 0.15) is 13.2 Å². The largest absolute Gasteiger partial charge is 0.411 e. The summed E-state index contributed by atoms with van der Waals surface area (Å²) in [4.78, 5) is 11.3. The van der Waals surface area contributed by atoms with Gasteiger partial charge in [0.15, 0.2) is 0 Å². The van der Waals surface area contributed by atoms with Crippen LogP contribution in [0.5, 0.6) is 0 Å². The maximum Gasteiger partial charge on any atom is 0.411 e. The van der Waals surface area contributed by atoms with Crippen molar-refractivity contribution in [2.24, 2.45) is 5.73 Å². The highest BCUT2D eigenvalue weighted by atomic mass is 19.4. The van der Waals surface area contributed by atoms with Crippen LogP contribution in [-0.4, -0.2) is 31.8 Å². The summed E-state index contributed by atoms with van der Waals surface area (Å²) in [6.45, 7) is -1.58. The fraction of sp³-hybridized carbons (Fsp3) is 0.357. The maximum absolute atomic E-state index is 11.8. The van der Waals surface area contributed by atoms with Gasteiger partial charge >= 0.3 is 6.18 Å². The molecule has 1 aromatic rings. The summed E-state index contributed by atoms with van der Waals surface area (Å²) in [6, 6.07) is 7.06. The Morgan fingerprint density at radius 3 is 2.52 bits per heavy atom. The molecule has 1 rings (SSSR count). The number of ether oxygens (including phenoxy) is 1. The molecule has 0 unspecified atom stereocenters. The summed E-state index contributed by atoms with van der Waals surface area (Å²) in [5.41, 5.74) is 6.85. The number of nitrogens with one attached hydrogen (secondary N) is 1. The summed E-state index contributed by atoms with van der Waals surface area (Å²) in [5, 5.41) is 2.46. The quantitative estimate of drug-likeness (QED) is 0.803. The molecule has 4 nitrogen and oxygen atoms in total. The van der Waals surface area contributed by atoms with Crippen molar-refractivity contribution in [1.29, 1.82) is 0 Å². The van der Waals surface area contributed by atoms with Crippen LogP contribution in [0.25, 0.3) is 0 Å². The first-order valence-corrected chi connectivity index (χ1v) is 6.10. The molecule has 0 aliphatic carbocycles. The third kappa shape index (κ3) is 7.97. The molecule has 114 valence electrons. The Kier molecular flexibility index (Phi) is 6.72. The van der Waals surface area contributed by atoms with E-state index in [0.29, 0.717) is 0 Å². The maximum atomic E-state index is 11.8. The van der Waals surface area contributed by atoms with Gasteiger partial charge in [-0.2, -0.15) is 13.2 Å². The van der Waals surface area contributed by atoms with Crippen molar-refractivity contribution >= 4 is 5.91 Å². The first-order valence-electron chi connectivity index (χ1n) is 6.10. The average Bonchev–Trinajstić information content (AvgIpc) is 2.42. The van der Waals surface area contributed by atoms with E-state index < -0.39 is 25.3 Å². The predicted molar refractivity (Wildman–Crippen MR) is 71.1 cm³/mol. The van der Waals surface area contributed by atoms with Crippen LogP contribution in [0.2, 0.25) is 0 Å². The zero-order valence-electron chi connectivity index (χ0n) is 11.2. The molecule has 0 spiro atoms. The second-order valence-corrected chi connectivity index (χ2v) is 4.09. The molecule has 0 saturated heterocycles.